The Hall–Kier alpha value is -1.96. The van der Waals surface area contributed by atoms with Gasteiger partial charge in [-0.1, -0.05) is 6.92 Å². The van der Waals surface area contributed by atoms with Crippen molar-refractivity contribution in [3.63, 3.8) is 0 Å². The first-order chi connectivity index (χ1) is 16.0. The lowest BCUT2D eigenvalue weighted by atomic mass is 9.71. The minimum Gasteiger partial charge on any atom is -0.463 e. The summed E-state index contributed by atoms with van der Waals surface area (Å²) >= 11 is 0. The average Bonchev–Trinajstić information content (AvgIpc) is 3.40. The summed E-state index contributed by atoms with van der Waals surface area (Å²) in [4.78, 5) is 51.6. The molecule has 0 aromatic rings. The van der Waals surface area contributed by atoms with Gasteiger partial charge in [-0.3, -0.25) is 19.2 Å². The van der Waals surface area contributed by atoms with Gasteiger partial charge in [-0.15, -0.1) is 0 Å². The quantitative estimate of drug-likeness (QED) is 0.276. The molecule has 3 unspecified atom stereocenters. The van der Waals surface area contributed by atoms with Gasteiger partial charge in [-0.05, 0) is 65.2 Å². The number of esters is 2. The Bertz CT molecular complexity index is 735. The van der Waals surface area contributed by atoms with E-state index in [1.165, 1.54) is 0 Å². The van der Waals surface area contributed by atoms with Crippen LogP contribution in [0, 0.1) is 22.7 Å². The number of carbonyl (C=O) groups is 4. The van der Waals surface area contributed by atoms with Crippen LogP contribution in [0.15, 0.2) is 0 Å². The maximum absolute atomic E-state index is 13.1. The summed E-state index contributed by atoms with van der Waals surface area (Å²) in [7, 11) is 1.55. The van der Waals surface area contributed by atoms with Gasteiger partial charge >= 0.3 is 11.9 Å². The number of hydrogen-bond donors (Lipinski definition) is 0. The summed E-state index contributed by atoms with van der Waals surface area (Å²) in [5.74, 6) is -0.233. The zero-order valence-corrected chi connectivity index (χ0v) is 21.7. The second kappa shape index (κ2) is 12.7. The monoisotopic (exact) mass is 481 g/mol. The molecule has 1 saturated carbocycles. The van der Waals surface area contributed by atoms with E-state index in [0.29, 0.717) is 51.8 Å². The van der Waals surface area contributed by atoms with E-state index in [0.717, 1.165) is 19.3 Å². The number of rotatable bonds is 14. The van der Waals surface area contributed by atoms with Gasteiger partial charge < -0.3 is 19.1 Å². The standard InChI is InChI=1S/C26H43NO7/c1-19(20-8-6-9-21(20)28)18-26(4,24(31)34-17-16-32-5)12-11-25(2,3)23(30)33-15-14-27-13-7-10-22(27)29/h19-20H,6-18H2,1-5H3. The van der Waals surface area contributed by atoms with Crippen molar-refractivity contribution < 1.29 is 33.4 Å². The Balaban J connectivity index is 1.97. The summed E-state index contributed by atoms with van der Waals surface area (Å²) in [6.45, 7) is 9.32. The van der Waals surface area contributed by atoms with Crippen LogP contribution in [0.4, 0.5) is 0 Å². The lowest BCUT2D eigenvalue weighted by Gasteiger charge is -2.34. The number of hydrogen-bond acceptors (Lipinski definition) is 7. The second-order valence-electron chi connectivity index (χ2n) is 10.8. The molecule has 0 radical (unpaired) electrons. The van der Waals surface area contributed by atoms with Crippen molar-refractivity contribution in [2.45, 2.75) is 79.1 Å². The molecule has 0 N–H and O–H groups in total. The van der Waals surface area contributed by atoms with Crippen LogP contribution in [0.1, 0.15) is 79.1 Å². The summed E-state index contributed by atoms with van der Waals surface area (Å²) < 4.78 is 16.0. The predicted octanol–water partition coefficient (Wildman–Crippen LogP) is 3.55. The molecule has 2 fully saturated rings. The van der Waals surface area contributed by atoms with Crippen LogP contribution in [-0.4, -0.2) is 68.5 Å². The van der Waals surface area contributed by atoms with Crippen molar-refractivity contribution in [1.82, 2.24) is 4.90 Å². The van der Waals surface area contributed by atoms with Gasteiger partial charge in [-0.25, -0.2) is 0 Å². The summed E-state index contributed by atoms with van der Waals surface area (Å²) in [5.41, 5.74) is -1.62. The minimum absolute atomic E-state index is 0.0163. The van der Waals surface area contributed by atoms with Crippen molar-refractivity contribution >= 4 is 23.6 Å². The number of methoxy groups -OCH3 is 1. The highest BCUT2D eigenvalue weighted by Gasteiger charge is 2.42. The van der Waals surface area contributed by atoms with E-state index in [9.17, 15) is 19.2 Å². The fourth-order valence-electron chi connectivity index (χ4n) is 5.05. The molecule has 0 aromatic carbocycles. The fourth-order valence-corrected chi connectivity index (χ4v) is 5.05. The molecule has 8 nitrogen and oxygen atoms in total. The highest BCUT2D eigenvalue weighted by molar-refractivity contribution is 5.83. The van der Waals surface area contributed by atoms with Gasteiger partial charge in [0.05, 0.1) is 24.0 Å². The van der Waals surface area contributed by atoms with Crippen LogP contribution >= 0.6 is 0 Å². The molecule has 1 aliphatic heterocycles. The number of Topliss-reactive ketones (excluding diaryl/α,β-unsaturated/α-hetero) is 1. The fraction of sp³-hybridized carbons (Fsp3) is 0.846. The third kappa shape index (κ3) is 7.79. The van der Waals surface area contributed by atoms with Crippen LogP contribution in [0.25, 0.3) is 0 Å². The predicted molar refractivity (Wildman–Crippen MR) is 127 cm³/mol. The lowest BCUT2D eigenvalue weighted by molar-refractivity contribution is -0.161. The molecule has 1 heterocycles. The Labute approximate surface area is 204 Å². The van der Waals surface area contributed by atoms with Gasteiger partial charge in [-0.2, -0.15) is 0 Å². The third-order valence-corrected chi connectivity index (χ3v) is 7.44. The van der Waals surface area contributed by atoms with Crippen molar-refractivity contribution in [2.24, 2.45) is 22.7 Å². The number of likely N-dealkylation sites (tertiary alicyclic amines) is 1. The highest BCUT2D eigenvalue weighted by atomic mass is 16.6. The van der Waals surface area contributed by atoms with Crippen LogP contribution in [0.5, 0.6) is 0 Å². The zero-order valence-electron chi connectivity index (χ0n) is 21.7. The minimum atomic E-state index is -0.824. The molecular formula is C26H43NO7. The molecule has 34 heavy (non-hydrogen) atoms. The molecule has 2 aliphatic rings. The maximum atomic E-state index is 13.1. The second-order valence-corrected chi connectivity index (χ2v) is 10.8. The molecule has 1 amide bonds. The number of ketones is 1. The normalized spacial score (nSPS) is 21.4. The van der Waals surface area contributed by atoms with Crippen molar-refractivity contribution in [2.75, 3.05) is 40.0 Å². The van der Waals surface area contributed by atoms with Gasteiger partial charge in [0.25, 0.3) is 0 Å². The first-order valence-electron chi connectivity index (χ1n) is 12.6. The summed E-state index contributed by atoms with van der Waals surface area (Å²) in [6.07, 6.45) is 5.21. The van der Waals surface area contributed by atoms with Gasteiger partial charge in [0, 0.05) is 32.4 Å². The molecule has 3 atom stereocenters. The van der Waals surface area contributed by atoms with Crippen molar-refractivity contribution in [1.29, 1.82) is 0 Å². The Morgan fingerprint density at radius 1 is 1.00 bits per heavy atom. The smallest absolute Gasteiger partial charge is 0.311 e. The molecule has 1 saturated heterocycles. The molecule has 194 valence electrons. The molecule has 0 bridgehead atoms. The van der Waals surface area contributed by atoms with Gasteiger partial charge in [0.2, 0.25) is 5.91 Å². The molecule has 2 rings (SSSR count). The highest BCUT2D eigenvalue weighted by Crippen LogP contribution is 2.41. The molecular weight excluding hydrogens is 438 g/mol. The number of ether oxygens (including phenoxy) is 3. The Morgan fingerprint density at radius 3 is 2.29 bits per heavy atom. The van der Waals surface area contributed by atoms with E-state index in [2.05, 4.69) is 0 Å². The van der Waals surface area contributed by atoms with Crippen molar-refractivity contribution in [3.05, 3.63) is 0 Å². The summed E-state index contributed by atoms with van der Waals surface area (Å²) in [6, 6.07) is 0. The number of nitrogens with zero attached hydrogens (tertiary/aromatic N) is 1. The molecule has 8 heteroatoms. The first-order valence-corrected chi connectivity index (χ1v) is 12.6. The number of amides is 1. The molecule has 0 aromatic heterocycles. The largest absolute Gasteiger partial charge is 0.463 e. The van der Waals surface area contributed by atoms with E-state index in [1.54, 1.807) is 12.0 Å². The lowest BCUT2D eigenvalue weighted by Crippen LogP contribution is -2.37. The van der Waals surface area contributed by atoms with E-state index < -0.39 is 10.8 Å². The SMILES string of the molecule is COCCOC(=O)C(C)(CCC(C)(C)C(=O)OCCN1CCCC1=O)CC(C)C1CCCC1=O. The van der Waals surface area contributed by atoms with Crippen LogP contribution < -0.4 is 0 Å². The van der Waals surface area contributed by atoms with E-state index in [-0.39, 0.29) is 48.7 Å². The van der Waals surface area contributed by atoms with Crippen molar-refractivity contribution in [3.8, 4) is 0 Å². The topological polar surface area (TPSA) is 99.2 Å². The maximum Gasteiger partial charge on any atom is 0.311 e. The van der Waals surface area contributed by atoms with E-state index >= 15 is 0 Å². The van der Waals surface area contributed by atoms with E-state index in [1.807, 2.05) is 27.7 Å². The molecule has 0 spiro atoms. The summed E-state index contributed by atoms with van der Waals surface area (Å²) in [5, 5.41) is 0. The first kappa shape index (κ1) is 28.3. The Morgan fingerprint density at radius 2 is 1.71 bits per heavy atom. The molecule has 1 aliphatic carbocycles. The third-order valence-electron chi connectivity index (χ3n) is 7.44. The zero-order chi connectivity index (χ0) is 25.4. The van der Waals surface area contributed by atoms with Gasteiger partial charge in [0.1, 0.15) is 19.0 Å². The van der Waals surface area contributed by atoms with Crippen LogP contribution in [-0.2, 0) is 33.4 Å². The van der Waals surface area contributed by atoms with Gasteiger partial charge in [0.15, 0.2) is 0 Å². The number of carbonyl (C=O) groups excluding carboxylic acids is 4. The van der Waals surface area contributed by atoms with E-state index in [4.69, 9.17) is 14.2 Å². The Kier molecular flexibility index (Phi) is 10.5. The average molecular weight is 482 g/mol. The van der Waals surface area contributed by atoms with Crippen LogP contribution in [0.2, 0.25) is 0 Å². The van der Waals surface area contributed by atoms with Crippen LogP contribution in [0.3, 0.4) is 0 Å².